The van der Waals surface area contributed by atoms with Crippen molar-refractivity contribution in [3.05, 3.63) is 162 Å². The van der Waals surface area contributed by atoms with Crippen LogP contribution >= 0.6 is 11.3 Å². The molecule has 7 rings (SSSR count). The predicted octanol–water partition coefficient (Wildman–Crippen LogP) is 6.56. The van der Waals surface area contributed by atoms with Gasteiger partial charge in [0.25, 0.3) is 5.56 Å². The zero-order valence-electron chi connectivity index (χ0n) is 28.7. The highest BCUT2D eigenvalue weighted by molar-refractivity contribution is 7.07. The first-order chi connectivity index (χ1) is 25.4. The number of rotatable bonds is 10. The lowest BCUT2D eigenvalue weighted by atomic mass is 9.89. The van der Waals surface area contributed by atoms with Gasteiger partial charge in [-0.3, -0.25) is 9.36 Å². The lowest BCUT2D eigenvalue weighted by Crippen LogP contribution is -2.40. The summed E-state index contributed by atoms with van der Waals surface area (Å²) in [7, 11) is 3.12. The first kappa shape index (κ1) is 34.0. The average Bonchev–Trinajstić information content (AvgIpc) is 3.50. The molecule has 0 N–H and O–H groups in total. The molecule has 52 heavy (non-hydrogen) atoms. The summed E-state index contributed by atoms with van der Waals surface area (Å²) in [6, 6.07) is 35.0. The number of nitriles is 1. The molecule has 5 aromatic carbocycles. The van der Waals surface area contributed by atoms with Crippen molar-refractivity contribution in [2.24, 2.45) is 4.99 Å². The highest BCUT2D eigenvalue weighted by Gasteiger charge is 2.37. The summed E-state index contributed by atoms with van der Waals surface area (Å²) in [6.45, 7) is 2.07. The Kier molecular flexibility index (Phi) is 9.69. The third kappa shape index (κ3) is 6.34. The number of hydrogen-bond acceptors (Lipinski definition) is 9. The van der Waals surface area contributed by atoms with Crippen LogP contribution in [0, 0.1) is 11.3 Å². The number of esters is 1. The summed E-state index contributed by atoms with van der Waals surface area (Å²) in [5.41, 5.74) is 3.69. The highest BCUT2D eigenvalue weighted by atomic mass is 32.1. The fourth-order valence-electron chi connectivity index (χ4n) is 6.40. The SMILES string of the molecule is CCOC(=O)C1=C(c2ccccc2)N=c2sc(=Cc3ccc(OCc4ccccc4C#N)c(OC)c3)c(=O)n2C1c1c(OC)ccc2ccccc12. The first-order valence-electron chi connectivity index (χ1n) is 16.6. The van der Waals surface area contributed by atoms with E-state index in [1.54, 1.807) is 50.0 Å². The molecule has 10 heteroatoms. The molecule has 1 atom stereocenters. The number of ether oxygens (including phenoxy) is 4. The number of methoxy groups -OCH3 is 2. The number of benzene rings is 5. The smallest absolute Gasteiger partial charge is 0.338 e. The molecule has 1 aliphatic heterocycles. The molecule has 1 aromatic heterocycles. The Morgan fingerprint density at radius 2 is 1.63 bits per heavy atom. The van der Waals surface area contributed by atoms with Crippen LogP contribution in [0.5, 0.6) is 17.2 Å². The molecule has 9 nitrogen and oxygen atoms in total. The minimum Gasteiger partial charge on any atom is -0.496 e. The van der Waals surface area contributed by atoms with Crippen LogP contribution in [0.2, 0.25) is 0 Å². The van der Waals surface area contributed by atoms with Crippen LogP contribution in [0.4, 0.5) is 0 Å². The molecular formula is C42H33N3O6S. The van der Waals surface area contributed by atoms with Gasteiger partial charge in [0.1, 0.15) is 18.4 Å². The Morgan fingerprint density at radius 1 is 0.904 bits per heavy atom. The number of hydrogen-bond donors (Lipinski definition) is 0. The van der Waals surface area contributed by atoms with Crippen LogP contribution in [-0.4, -0.2) is 31.4 Å². The number of carbonyl (C=O) groups is 1. The molecular weight excluding hydrogens is 675 g/mol. The van der Waals surface area contributed by atoms with E-state index in [0.717, 1.165) is 16.3 Å². The summed E-state index contributed by atoms with van der Waals surface area (Å²) in [5.74, 6) is 0.901. The number of thiazole rings is 1. The highest BCUT2D eigenvalue weighted by Crippen LogP contribution is 2.42. The summed E-state index contributed by atoms with van der Waals surface area (Å²) >= 11 is 1.23. The van der Waals surface area contributed by atoms with Gasteiger partial charge in [-0.25, -0.2) is 9.79 Å². The van der Waals surface area contributed by atoms with Gasteiger partial charge in [-0.2, -0.15) is 5.26 Å². The molecule has 1 aliphatic rings. The molecule has 258 valence electrons. The molecule has 0 amide bonds. The third-order valence-electron chi connectivity index (χ3n) is 8.80. The van der Waals surface area contributed by atoms with Crippen LogP contribution < -0.4 is 29.1 Å². The van der Waals surface area contributed by atoms with Crippen molar-refractivity contribution < 1.29 is 23.7 Å². The van der Waals surface area contributed by atoms with E-state index in [0.29, 0.717) is 54.5 Å². The third-order valence-corrected chi connectivity index (χ3v) is 9.79. The minimum absolute atomic E-state index is 0.139. The number of fused-ring (bicyclic) bond motifs is 2. The van der Waals surface area contributed by atoms with E-state index >= 15 is 0 Å². The molecule has 0 aliphatic carbocycles. The summed E-state index contributed by atoms with van der Waals surface area (Å²) in [4.78, 5) is 34.1. The van der Waals surface area contributed by atoms with E-state index in [2.05, 4.69) is 6.07 Å². The molecule has 0 radical (unpaired) electrons. The van der Waals surface area contributed by atoms with E-state index in [9.17, 15) is 14.9 Å². The van der Waals surface area contributed by atoms with Crippen molar-refractivity contribution in [2.75, 3.05) is 20.8 Å². The van der Waals surface area contributed by atoms with E-state index in [1.807, 2.05) is 91.0 Å². The fourth-order valence-corrected chi connectivity index (χ4v) is 7.41. The van der Waals surface area contributed by atoms with Crippen LogP contribution in [0.15, 0.2) is 125 Å². The summed E-state index contributed by atoms with van der Waals surface area (Å²) in [5, 5.41) is 11.2. The molecule has 0 spiro atoms. The molecule has 0 fully saturated rings. The predicted molar refractivity (Wildman–Crippen MR) is 200 cm³/mol. The second-order valence-electron chi connectivity index (χ2n) is 11.8. The average molecular weight is 708 g/mol. The Labute approximate surface area is 303 Å². The Morgan fingerprint density at radius 3 is 2.40 bits per heavy atom. The number of carbonyl (C=O) groups excluding carboxylic acids is 1. The normalized spacial score (nSPS) is 14.0. The van der Waals surface area contributed by atoms with Gasteiger partial charge in [0.2, 0.25) is 0 Å². The zero-order valence-corrected chi connectivity index (χ0v) is 29.5. The second-order valence-corrected chi connectivity index (χ2v) is 12.8. The van der Waals surface area contributed by atoms with Gasteiger partial charge >= 0.3 is 5.97 Å². The Hall–Kier alpha value is -6.44. The van der Waals surface area contributed by atoms with Crippen molar-refractivity contribution in [1.29, 1.82) is 5.26 Å². The van der Waals surface area contributed by atoms with E-state index in [1.165, 1.54) is 11.3 Å². The van der Waals surface area contributed by atoms with Gasteiger partial charge in [0.05, 0.1) is 48.3 Å². The van der Waals surface area contributed by atoms with Crippen molar-refractivity contribution in [3.63, 3.8) is 0 Å². The Bertz CT molecular complexity index is 2580. The standard InChI is InChI=1S/C42H33N3O6S/c1-4-50-41(47)37-38(28-13-6-5-7-14-28)44-42-45(39(37)36-31-17-11-10-12-27(31)19-21-33(36)48-2)40(46)35(52-42)23-26-18-20-32(34(22-26)49-3)51-25-30-16-9-8-15-29(30)24-43/h5-23,39H,4,25H2,1-3H3. The van der Waals surface area contributed by atoms with Gasteiger partial charge < -0.3 is 18.9 Å². The van der Waals surface area contributed by atoms with Crippen LogP contribution in [0.3, 0.4) is 0 Å². The minimum atomic E-state index is -0.921. The quantitative estimate of drug-likeness (QED) is 0.148. The van der Waals surface area contributed by atoms with Crippen LogP contribution in [0.25, 0.3) is 22.5 Å². The molecule has 2 heterocycles. The fraction of sp³-hybridized carbons (Fsp3) is 0.143. The number of nitrogens with zero attached hydrogens (tertiary/aromatic N) is 3. The van der Waals surface area contributed by atoms with Gasteiger partial charge in [-0.1, -0.05) is 96.3 Å². The van der Waals surface area contributed by atoms with Crippen molar-refractivity contribution >= 4 is 39.9 Å². The Balaban J connectivity index is 1.41. The van der Waals surface area contributed by atoms with Crippen molar-refractivity contribution in [1.82, 2.24) is 4.57 Å². The maximum absolute atomic E-state index is 14.6. The first-order valence-corrected chi connectivity index (χ1v) is 17.4. The van der Waals surface area contributed by atoms with Gasteiger partial charge in [-0.15, -0.1) is 0 Å². The van der Waals surface area contributed by atoms with E-state index in [-0.39, 0.29) is 24.3 Å². The summed E-state index contributed by atoms with van der Waals surface area (Å²) in [6.07, 6.45) is 1.77. The van der Waals surface area contributed by atoms with Crippen LogP contribution in [-0.2, 0) is 16.1 Å². The van der Waals surface area contributed by atoms with E-state index in [4.69, 9.17) is 23.9 Å². The monoisotopic (exact) mass is 707 g/mol. The number of aromatic nitrogens is 1. The van der Waals surface area contributed by atoms with Gasteiger partial charge in [0.15, 0.2) is 16.3 Å². The topological polar surface area (TPSA) is 112 Å². The molecule has 1 unspecified atom stereocenters. The zero-order chi connectivity index (χ0) is 36.2. The molecule has 0 bridgehead atoms. The van der Waals surface area contributed by atoms with Crippen molar-refractivity contribution in [2.45, 2.75) is 19.6 Å². The molecule has 0 saturated carbocycles. The van der Waals surface area contributed by atoms with E-state index < -0.39 is 12.0 Å². The maximum atomic E-state index is 14.6. The summed E-state index contributed by atoms with van der Waals surface area (Å²) < 4.78 is 25.3. The molecule has 6 aromatic rings. The molecule has 0 saturated heterocycles. The lowest BCUT2D eigenvalue weighted by Gasteiger charge is -2.28. The van der Waals surface area contributed by atoms with Gasteiger partial charge in [-0.05, 0) is 53.6 Å². The van der Waals surface area contributed by atoms with Crippen LogP contribution in [0.1, 0.15) is 40.8 Å². The largest absolute Gasteiger partial charge is 0.496 e. The lowest BCUT2D eigenvalue weighted by molar-refractivity contribution is -0.138. The maximum Gasteiger partial charge on any atom is 0.338 e. The van der Waals surface area contributed by atoms with Crippen molar-refractivity contribution in [3.8, 4) is 23.3 Å². The van der Waals surface area contributed by atoms with Gasteiger partial charge in [0, 0.05) is 16.7 Å². The second kappa shape index (κ2) is 14.8.